The Balaban J connectivity index is 1.57. The standard InChI is InChI=1S/C30H36F3NO2/c1-5-29(36)15-13-25-23-11-8-20-16-22(35)12-14-27(20,2)26(23)24(17-28(25,29)3)19-6-9-21(10-7-19)34(4)18-30(31,32)33/h1,6-7,9-10,16,23-26,36H,8,11-15,17-18H2,2-4H3/t23-,24+,25-,26+,27-,28-,29-/m0/s1. The zero-order valence-corrected chi connectivity index (χ0v) is 21.4. The zero-order valence-electron chi connectivity index (χ0n) is 21.4. The Kier molecular flexibility index (Phi) is 5.91. The smallest absolute Gasteiger partial charge is 0.377 e. The van der Waals surface area contributed by atoms with E-state index in [9.17, 15) is 23.1 Å². The Morgan fingerprint density at radius 3 is 2.47 bits per heavy atom. The van der Waals surface area contributed by atoms with E-state index in [1.54, 1.807) is 12.1 Å². The Morgan fingerprint density at radius 1 is 1.14 bits per heavy atom. The normalized spacial score (nSPS) is 39.9. The molecule has 1 aromatic rings. The number of carbonyl (C=O) groups excluding carboxylic acids is 1. The van der Waals surface area contributed by atoms with Crippen LogP contribution in [0.25, 0.3) is 0 Å². The van der Waals surface area contributed by atoms with Crippen LogP contribution in [0, 0.1) is 40.9 Å². The van der Waals surface area contributed by atoms with Crippen molar-refractivity contribution in [3.05, 3.63) is 41.5 Å². The number of alkyl halides is 3. The highest BCUT2D eigenvalue weighted by molar-refractivity contribution is 5.91. The Morgan fingerprint density at radius 2 is 1.83 bits per heavy atom. The van der Waals surface area contributed by atoms with Gasteiger partial charge in [-0.1, -0.05) is 37.5 Å². The monoisotopic (exact) mass is 499 g/mol. The van der Waals surface area contributed by atoms with Crippen molar-refractivity contribution in [3.63, 3.8) is 0 Å². The summed E-state index contributed by atoms with van der Waals surface area (Å²) in [7, 11) is 1.45. The summed E-state index contributed by atoms with van der Waals surface area (Å²) in [4.78, 5) is 13.5. The first-order valence-corrected chi connectivity index (χ1v) is 13.1. The number of hydrogen-bond donors (Lipinski definition) is 1. The number of carbonyl (C=O) groups is 1. The lowest BCUT2D eigenvalue weighted by molar-refractivity contribution is -0.122. The van der Waals surface area contributed by atoms with Crippen LogP contribution in [-0.4, -0.2) is 36.3 Å². The Hall–Kier alpha value is -2.26. The van der Waals surface area contributed by atoms with E-state index >= 15 is 0 Å². The molecule has 0 spiro atoms. The minimum absolute atomic E-state index is 0.0955. The molecule has 0 aromatic heterocycles. The molecule has 5 rings (SSSR count). The fraction of sp³-hybridized carbons (Fsp3) is 0.633. The molecule has 36 heavy (non-hydrogen) atoms. The van der Waals surface area contributed by atoms with E-state index in [2.05, 4.69) is 19.8 Å². The van der Waals surface area contributed by atoms with Gasteiger partial charge in [-0.15, -0.1) is 6.42 Å². The molecule has 7 atom stereocenters. The van der Waals surface area contributed by atoms with Crippen LogP contribution in [0.2, 0.25) is 0 Å². The lowest BCUT2D eigenvalue weighted by Crippen LogP contribution is -2.57. The van der Waals surface area contributed by atoms with E-state index in [-0.39, 0.29) is 17.1 Å². The molecular weight excluding hydrogens is 463 g/mol. The first-order valence-electron chi connectivity index (χ1n) is 13.1. The largest absolute Gasteiger partial charge is 0.405 e. The molecule has 0 aliphatic heterocycles. The highest BCUT2D eigenvalue weighted by atomic mass is 19.4. The van der Waals surface area contributed by atoms with Gasteiger partial charge in [0.1, 0.15) is 12.1 Å². The summed E-state index contributed by atoms with van der Waals surface area (Å²) in [6.45, 7) is 3.46. The fourth-order valence-corrected chi connectivity index (χ4v) is 8.65. The predicted octanol–water partition coefficient (Wildman–Crippen LogP) is 6.27. The summed E-state index contributed by atoms with van der Waals surface area (Å²) in [5.74, 6) is 4.03. The third-order valence-electron chi connectivity index (χ3n) is 10.5. The van der Waals surface area contributed by atoms with Crippen LogP contribution in [0.1, 0.15) is 70.3 Å². The van der Waals surface area contributed by atoms with Crippen molar-refractivity contribution < 1.29 is 23.1 Å². The number of halogens is 3. The second kappa shape index (κ2) is 8.38. The molecule has 1 N–H and O–H groups in total. The second-order valence-electron chi connectivity index (χ2n) is 12.2. The van der Waals surface area contributed by atoms with Gasteiger partial charge < -0.3 is 10.0 Å². The molecule has 6 heteroatoms. The van der Waals surface area contributed by atoms with Gasteiger partial charge in [0.25, 0.3) is 0 Å². The molecule has 0 bridgehead atoms. The van der Waals surface area contributed by atoms with Crippen molar-refractivity contribution in [2.24, 2.45) is 28.6 Å². The van der Waals surface area contributed by atoms with Gasteiger partial charge in [-0.05, 0) is 91.4 Å². The van der Waals surface area contributed by atoms with Crippen molar-refractivity contribution in [2.45, 2.75) is 76.5 Å². The molecular formula is C30H36F3NO2. The number of aliphatic hydroxyl groups is 1. The fourth-order valence-electron chi connectivity index (χ4n) is 8.65. The third kappa shape index (κ3) is 3.81. The Labute approximate surface area is 212 Å². The van der Waals surface area contributed by atoms with Gasteiger partial charge in [-0.2, -0.15) is 13.2 Å². The minimum Gasteiger partial charge on any atom is -0.377 e. The van der Waals surface area contributed by atoms with Crippen molar-refractivity contribution in [2.75, 3.05) is 18.5 Å². The molecule has 0 heterocycles. The zero-order chi connectivity index (χ0) is 26.1. The average Bonchev–Trinajstić information content (AvgIpc) is 3.09. The quantitative estimate of drug-likeness (QED) is 0.498. The number of benzene rings is 1. The van der Waals surface area contributed by atoms with E-state index in [1.807, 2.05) is 18.2 Å². The van der Waals surface area contributed by atoms with E-state index < -0.39 is 23.7 Å². The van der Waals surface area contributed by atoms with E-state index in [1.165, 1.54) is 17.5 Å². The van der Waals surface area contributed by atoms with Crippen LogP contribution in [0.3, 0.4) is 0 Å². The minimum atomic E-state index is -4.27. The highest BCUT2D eigenvalue weighted by Gasteiger charge is 2.66. The molecule has 1 aromatic carbocycles. The van der Waals surface area contributed by atoms with Crippen LogP contribution in [0.4, 0.5) is 18.9 Å². The van der Waals surface area contributed by atoms with E-state index in [4.69, 9.17) is 6.42 Å². The molecule has 3 saturated carbocycles. The molecule has 0 radical (unpaired) electrons. The maximum atomic E-state index is 12.9. The SMILES string of the molecule is C#C[C@]1(O)CC[C@H]2[C@@H]3CCC4=CC(=O)CC[C@]4(C)[C@H]3[C@@H](c3ccc(N(C)CC(F)(F)F)cc3)C[C@@]21C. The number of anilines is 1. The Bertz CT molecular complexity index is 1120. The van der Waals surface area contributed by atoms with Crippen LogP contribution in [0.5, 0.6) is 0 Å². The van der Waals surface area contributed by atoms with Crippen molar-refractivity contribution >= 4 is 11.5 Å². The number of rotatable bonds is 3. The number of hydrogen-bond acceptors (Lipinski definition) is 3. The summed E-state index contributed by atoms with van der Waals surface area (Å²) < 4.78 is 38.8. The number of allylic oxidation sites excluding steroid dienone is 1. The van der Waals surface area contributed by atoms with Gasteiger partial charge >= 0.3 is 6.18 Å². The summed E-state index contributed by atoms with van der Waals surface area (Å²) in [5.41, 5.74) is 1.16. The summed E-state index contributed by atoms with van der Waals surface area (Å²) in [6.07, 6.45) is 9.01. The van der Waals surface area contributed by atoms with Gasteiger partial charge in [-0.3, -0.25) is 4.79 Å². The maximum Gasteiger partial charge on any atom is 0.405 e. The molecule has 194 valence electrons. The summed E-state index contributed by atoms with van der Waals surface area (Å²) in [5, 5.41) is 11.6. The highest BCUT2D eigenvalue weighted by Crippen LogP contribution is 2.70. The van der Waals surface area contributed by atoms with Crippen molar-refractivity contribution in [1.82, 2.24) is 0 Å². The van der Waals surface area contributed by atoms with Gasteiger partial charge in [0, 0.05) is 24.6 Å². The molecule has 4 aliphatic rings. The molecule has 0 unspecified atom stereocenters. The maximum absolute atomic E-state index is 12.9. The molecule has 4 aliphatic carbocycles. The molecule has 3 fully saturated rings. The first-order chi connectivity index (χ1) is 16.8. The molecule has 3 nitrogen and oxygen atoms in total. The number of terminal acetylenes is 1. The first kappa shape index (κ1) is 25.4. The van der Waals surface area contributed by atoms with Gasteiger partial charge in [0.05, 0.1) is 0 Å². The average molecular weight is 500 g/mol. The van der Waals surface area contributed by atoms with Gasteiger partial charge in [0.15, 0.2) is 5.78 Å². The number of ketones is 1. The number of fused-ring (bicyclic) bond motifs is 5. The van der Waals surface area contributed by atoms with Gasteiger partial charge in [0.2, 0.25) is 0 Å². The van der Waals surface area contributed by atoms with Gasteiger partial charge in [-0.25, -0.2) is 0 Å². The number of nitrogens with zero attached hydrogens (tertiary/aromatic N) is 1. The topological polar surface area (TPSA) is 40.5 Å². The second-order valence-corrected chi connectivity index (χ2v) is 12.2. The van der Waals surface area contributed by atoms with Crippen LogP contribution < -0.4 is 4.90 Å². The summed E-state index contributed by atoms with van der Waals surface area (Å²) in [6, 6.07) is 7.48. The summed E-state index contributed by atoms with van der Waals surface area (Å²) >= 11 is 0. The van der Waals surface area contributed by atoms with Crippen LogP contribution in [-0.2, 0) is 4.79 Å². The van der Waals surface area contributed by atoms with Crippen molar-refractivity contribution in [3.8, 4) is 12.3 Å². The van der Waals surface area contributed by atoms with E-state index in [0.29, 0.717) is 36.3 Å². The predicted molar refractivity (Wildman–Crippen MR) is 134 cm³/mol. The van der Waals surface area contributed by atoms with Crippen LogP contribution >= 0.6 is 0 Å². The lowest BCUT2D eigenvalue weighted by atomic mass is 9.43. The lowest BCUT2D eigenvalue weighted by Gasteiger charge is -2.61. The third-order valence-corrected chi connectivity index (χ3v) is 10.5. The molecule has 0 amide bonds. The van der Waals surface area contributed by atoms with Crippen LogP contribution in [0.15, 0.2) is 35.9 Å². The van der Waals surface area contributed by atoms with E-state index in [0.717, 1.165) is 37.7 Å². The molecule has 0 saturated heterocycles. The van der Waals surface area contributed by atoms with Crippen molar-refractivity contribution in [1.29, 1.82) is 0 Å².